The van der Waals surface area contributed by atoms with E-state index in [1.165, 1.54) is 23.0 Å². The summed E-state index contributed by atoms with van der Waals surface area (Å²) in [6, 6.07) is 4.33. The van der Waals surface area contributed by atoms with Gasteiger partial charge in [-0.05, 0) is 18.2 Å². The number of aromatic nitrogens is 5. The minimum absolute atomic E-state index is 0.00887. The summed E-state index contributed by atoms with van der Waals surface area (Å²) >= 11 is 0. The molecule has 0 fully saturated rings. The van der Waals surface area contributed by atoms with E-state index in [-0.39, 0.29) is 16.7 Å². The summed E-state index contributed by atoms with van der Waals surface area (Å²) in [6.07, 6.45) is -3.14. The number of fused-ring (bicyclic) bond motifs is 1. The van der Waals surface area contributed by atoms with Crippen LogP contribution in [0.2, 0.25) is 0 Å². The highest BCUT2D eigenvalue weighted by molar-refractivity contribution is 5.72. The predicted octanol–water partition coefficient (Wildman–Crippen LogP) is 1.53. The number of rotatable bonds is 1. The van der Waals surface area contributed by atoms with E-state index in [2.05, 4.69) is 15.4 Å². The molecule has 6 nitrogen and oxygen atoms in total. The van der Waals surface area contributed by atoms with Gasteiger partial charge in [-0.2, -0.15) is 23.0 Å². The molecule has 3 aromatic rings. The van der Waals surface area contributed by atoms with E-state index in [1.54, 1.807) is 7.05 Å². The van der Waals surface area contributed by atoms with E-state index < -0.39 is 17.3 Å². The number of benzene rings is 1. The van der Waals surface area contributed by atoms with Crippen LogP contribution in [0.3, 0.4) is 0 Å². The van der Waals surface area contributed by atoms with Gasteiger partial charge in [0.2, 0.25) is 0 Å². The molecule has 0 aliphatic heterocycles. The molecule has 3 rings (SSSR count). The maximum absolute atomic E-state index is 12.7. The molecule has 0 aliphatic rings. The third kappa shape index (κ3) is 2.16. The van der Waals surface area contributed by atoms with Crippen molar-refractivity contribution in [1.82, 2.24) is 24.8 Å². The van der Waals surface area contributed by atoms with Crippen LogP contribution in [0.4, 0.5) is 13.2 Å². The van der Waals surface area contributed by atoms with Gasteiger partial charge in [0.1, 0.15) is 5.52 Å². The third-order valence-corrected chi connectivity index (χ3v) is 2.97. The second-order valence-corrected chi connectivity index (χ2v) is 4.36. The molecule has 0 aliphatic carbocycles. The molecule has 21 heavy (non-hydrogen) atoms. The zero-order valence-electron chi connectivity index (χ0n) is 10.7. The van der Waals surface area contributed by atoms with Gasteiger partial charge in [0, 0.05) is 7.05 Å². The zero-order chi connectivity index (χ0) is 15.2. The first-order valence-corrected chi connectivity index (χ1v) is 5.83. The minimum Gasteiger partial charge on any atom is -0.265 e. The normalized spacial score (nSPS) is 12.0. The van der Waals surface area contributed by atoms with Crippen LogP contribution in [0.15, 0.2) is 35.3 Å². The fourth-order valence-corrected chi connectivity index (χ4v) is 1.96. The van der Waals surface area contributed by atoms with Crippen molar-refractivity contribution in [3.05, 3.63) is 46.4 Å². The SMILES string of the molecule is Cn1ncc2nnn(-c3cccc(C(F)(F)F)c3)c(=O)c21. The quantitative estimate of drug-likeness (QED) is 0.683. The molecule has 0 radical (unpaired) electrons. The Morgan fingerprint density at radius 2 is 2.00 bits per heavy atom. The monoisotopic (exact) mass is 295 g/mol. The molecule has 2 heterocycles. The van der Waals surface area contributed by atoms with Crippen LogP contribution in [-0.2, 0) is 13.2 Å². The van der Waals surface area contributed by atoms with Gasteiger partial charge in [-0.1, -0.05) is 11.3 Å². The van der Waals surface area contributed by atoms with Crippen molar-refractivity contribution in [2.45, 2.75) is 6.18 Å². The molecule has 0 saturated carbocycles. The Bertz CT molecular complexity index is 880. The van der Waals surface area contributed by atoms with E-state index in [1.807, 2.05) is 0 Å². The molecule has 0 saturated heterocycles. The second kappa shape index (κ2) is 4.40. The highest BCUT2D eigenvalue weighted by Crippen LogP contribution is 2.29. The van der Waals surface area contributed by atoms with E-state index >= 15 is 0 Å². The standard InChI is InChI=1S/C12H8F3N5O/c1-19-10-9(6-16-19)17-18-20(11(10)21)8-4-2-3-7(5-8)12(13,14)15/h2-6H,1H3. The van der Waals surface area contributed by atoms with Crippen LogP contribution in [0, 0.1) is 0 Å². The molecule has 0 spiro atoms. The lowest BCUT2D eigenvalue weighted by Crippen LogP contribution is -2.24. The van der Waals surface area contributed by atoms with Gasteiger partial charge in [-0.25, -0.2) is 0 Å². The number of alkyl halides is 3. The first kappa shape index (κ1) is 13.3. The van der Waals surface area contributed by atoms with Crippen LogP contribution in [0.5, 0.6) is 0 Å². The van der Waals surface area contributed by atoms with E-state index in [0.717, 1.165) is 16.8 Å². The number of aryl methyl sites for hydroxylation is 1. The van der Waals surface area contributed by atoms with Crippen molar-refractivity contribution in [2.24, 2.45) is 7.05 Å². The van der Waals surface area contributed by atoms with Crippen molar-refractivity contribution in [3.8, 4) is 5.69 Å². The Labute approximate surface area is 115 Å². The number of halogens is 3. The average Bonchev–Trinajstić information content (AvgIpc) is 2.81. The molecule has 2 aromatic heterocycles. The number of nitrogens with zero attached hydrogens (tertiary/aromatic N) is 5. The van der Waals surface area contributed by atoms with Crippen molar-refractivity contribution in [3.63, 3.8) is 0 Å². The Morgan fingerprint density at radius 3 is 2.71 bits per heavy atom. The summed E-state index contributed by atoms with van der Waals surface area (Å²) in [5.74, 6) is 0. The smallest absolute Gasteiger partial charge is 0.265 e. The molecular weight excluding hydrogens is 287 g/mol. The molecule has 108 valence electrons. The molecule has 9 heteroatoms. The van der Waals surface area contributed by atoms with E-state index in [4.69, 9.17) is 0 Å². The van der Waals surface area contributed by atoms with Crippen molar-refractivity contribution in [1.29, 1.82) is 0 Å². The Morgan fingerprint density at radius 1 is 1.24 bits per heavy atom. The Hall–Kier alpha value is -2.71. The van der Waals surface area contributed by atoms with Gasteiger partial charge in [0.15, 0.2) is 5.52 Å². The summed E-state index contributed by atoms with van der Waals surface area (Å²) in [5, 5.41) is 11.3. The zero-order valence-corrected chi connectivity index (χ0v) is 10.7. The Kier molecular flexibility index (Phi) is 2.78. The second-order valence-electron chi connectivity index (χ2n) is 4.36. The lowest BCUT2D eigenvalue weighted by atomic mass is 10.2. The van der Waals surface area contributed by atoms with E-state index in [9.17, 15) is 18.0 Å². The summed E-state index contributed by atoms with van der Waals surface area (Å²) in [5.41, 5.74) is -1.00. The fraction of sp³-hybridized carbons (Fsp3) is 0.167. The largest absolute Gasteiger partial charge is 0.416 e. The van der Waals surface area contributed by atoms with Gasteiger partial charge < -0.3 is 0 Å². The van der Waals surface area contributed by atoms with Gasteiger partial charge >= 0.3 is 11.7 Å². The summed E-state index contributed by atoms with van der Waals surface area (Å²) in [4.78, 5) is 12.3. The lowest BCUT2D eigenvalue weighted by Gasteiger charge is -2.09. The van der Waals surface area contributed by atoms with Crippen molar-refractivity contribution in [2.75, 3.05) is 0 Å². The van der Waals surface area contributed by atoms with Crippen LogP contribution in [0.25, 0.3) is 16.7 Å². The highest BCUT2D eigenvalue weighted by atomic mass is 19.4. The number of hydrogen-bond acceptors (Lipinski definition) is 4. The summed E-state index contributed by atoms with van der Waals surface area (Å²) < 4.78 is 40.3. The maximum Gasteiger partial charge on any atom is 0.416 e. The van der Waals surface area contributed by atoms with Crippen molar-refractivity contribution >= 4 is 11.0 Å². The summed E-state index contributed by atoms with van der Waals surface area (Å²) in [7, 11) is 1.54. The van der Waals surface area contributed by atoms with Gasteiger partial charge in [-0.3, -0.25) is 9.48 Å². The number of hydrogen-bond donors (Lipinski definition) is 0. The molecule has 0 atom stereocenters. The average molecular weight is 295 g/mol. The lowest BCUT2D eigenvalue weighted by molar-refractivity contribution is -0.137. The molecule has 1 aromatic carbocycles. The predicted molar refractivity (Wildman–Crippen MR) is 66.9 cm³/mol. The van der Waals surface area contributed by atoms with Crippen LogP contribution in [-0.4, -0.2) is 24.8 Å². The van der Waals surface area contributed by atoms with Crippen LogP contribution >= 0.6 is 0 Å². The van der Waals surface area contributed by atoms with Gasteiger partial charge in [0.05, 0.1) is 17.4 Å². The first-order valence-electron chi connectivity index (χ1n) is 5.83. The van der Waals surface area contributed by atoms with Crippen LogP contribution in [0.1, 0.15) is 5.56 Å². The minimum atomic E-state index is -4.50. The van der Waals surface area contributed by atoms with Crippen molar-refractivity contribution < 1.29 is 13.2 Å². The molecule has 0 amide bonds. The molecule has 0 N–H and O–H groups in total. The van der Waals surface area contributed by atoms with Gasteiger partial charge in [-0.15, -0.1) is 5.10 Å². The van der Waals surface area contributed by atoms with Crippen LogP contribution < -0.4 is 5.56 Å². The van der Waals surface area contributed by atoms with E-state index in [0.29, 0.717) is 0 Å². The third-order valence-electron chi connectivity index (χ3n) is 2.97. The first-order chi connectivity index (χ1) is 9.88. The summed E-state index contributed by atoms with van der Waals surface area (Å²) in [6.45, 7) is 0. The molecular formula is C12H8F3N5O. The molecule has 0 bridgehead atoms. The topological polar surface area (TPSA) is 65.6 Å². The van der Waals surface area contributed by atoms with Gasteiger partial charge in [0.25, 0.3) is 0 Å². The highest BCUT2D eigenvalue weighted by Gasteiger charge is 2.30. The fourth-order valence-electron chi connectivity index (χ4n) is 1.96. The molecule has 0 unspecified atom stereocenters. The Balaban J connectivity index is 2.24. The maximum atomic E-state index is 12.7.